The molecule has 0 aromatic rings. The van der Waals surface area contributed by atoms with Crippen LogP contribution in [0.15, 0.2) is 0 Å². The fraction of sp³-hybridized carbons (Fsp3) is 1.00. The molecular weight excluding hydrogens is 247 g/mol. The van der Waals surface area contributed by atoms with Gasteiger partial charge in [0.15, 0.2) is 8.32 Å². The molecule has 0 aliphatic heterocycles. The summed E-state index contributed by atoms with van der Waals surface area (Å²) in [7, 11) is -1.81. The Morgan fingerprint density at radius 2 is 1.60 bits per heavy atom. The van der Waals surface area contributed by atoms with E-state index in [1.165, 1.54) is 0 Å². The van der Waals surface area contributed by atoms with E-state index in [1.54, 1.807) is 0 Å². The van der Waals surface area contributed by atoms with E-state index in [0.29, 0.717) is 6.35 Å². The summed E-state index contributed by atoms with van der Waals surface area (Å²) in [4.78, 5) is 0. The predicted molar refractivity (Wildman–Crippen MR) is 71.6 cm³/mol. The van der Waals surface area contributed by atoms with Gasteiger partial charge in [-0.05, 0) is 18.1 Å². The first-order valence-electron chi connectivity index (χ1n) is 5.01. The summed E-state index contributed by atoms with van der Waals surface area (Å²) in [6.07, 6.45) is 0.118. The third kappa shape index (κ3) is 4.63. The maximum atomic E-state index is 9.11. The summed E-state index contributed by atoms with van der Waals surface area (Å²) in [5.74, 6) is 0. The normalized spacial score (nSPS) is 14.3. The number of aliphatic hydroxyl groups is 2. The predicted octanol–water partition coefficient (Wildman–Crippen LogP) is 2.34. The largest absolute Gasteiger partial charge is 0.412 e. The van der Waals surface area contributed by atoms with Crippen LogP contribution in [0.4, 0.5) is 0 Å². The van der Waals surface area contributed by atoms with Crippen molar-refractivity contribution >= 4 is 26.2 Å². The maximum Gasteiger partial charge on any atom is 0.192 e. The number of rotatable bonds is 5. The zero-order valence-corrected chi connectivity index (χ0v) is 13.0. The first-order chi connectivity index (χ1) is 6.58. The van der Waals surface area contributed by atoms with Crippen molar-refractivity contribution in [3.63, 3.8) is 0 Å². The van der Waals surface area contributed by atoms with Gasteiger partial charge in [0.2, 0.25) is 0 Å². The van der Waals surface area contributed by atoms with Crippen molar-refractivity contribution in [2.75, 3.05) is 19.0 Å². The molecule has 0 bridgehead atoms. The van der Waals surface area contributed by atoms with Crippen LogP contribution in [-0.2, 0) is 16.2 Å². The third-order valence-corrected chi connectivity index (χ3v) is 10.3. The smallest absolute Gasteiger partial charge is 0.192 e. The van der Waals surface area contributed by atoms with Gasteiger partial charge in [-0.3, -0.25) is 0 Å². The Hall–Kier alpha value is 0.747. The van der Waals surface area contributed by atoms with Crippen LogP contribution in [-0.4, -0.2) is 37.6 Å². The maximum absolute atomic E-state index is 9.11. The molecule has 0 aliphatic rings. The molecule has 3 nitrogen and oxygen atoms in total. The Kier molecular flexibility index (Phi) is 5.65. The summed E-state index contributed by atoms with van der Waals surface area (Å²) in [5.41, 5.74) is 0. The second kappa shape index (κ2) is 5.39. The minimum atomic E-state index is -2.09. The van der Waals surface area contributed by atoms with Crippen LogP contribution < -0.4 is 0 Å². The zero-order valence-electron chi connectivity index (χ0n) is 10.3. The van der Waals surface area contributed by atoms with Crippen molar-refractivity contribution < 1.29 is 14.6 Å². The summed E-state index contributed by atoms with van der Waals surface area (Å²) >= 11 is 5.20. The first kappa shape index (κ1) is 15.7. The van der Waals surface area contributed by atoms with Gasteiger partial charge in [0.25, 0.3) is 0 Å². The second-order valence-corrected chi connectivity index (χ2v) is 15.4. The molecule has 0 fully saturated rings. The first-order valence-corrected chi connectivity index (χ1v) is 11.3. The summed E-state index contributed by atoms with van der Waals surface area (Å²) in [6.45, 7) is 10.7. The highest BCUT2D eigenvalue weighted by molar-refractivity contribution is 8.14. The summed E-state index contributed by atoms with van der Waals surface area (Å²) in [6, 6.07) is -2.09. The molecule has 0 rings (SSSR count). The van der Waals surface area contributed by atoms with Crippen molar-refractivity contribution in [3.05, 3.63) is 0 Å². The van der Waals surface area contributed by atoms with Gasteiger partial charge in [-0.15, -0.1) is 0 Å². The Labute approximate surface area is 99.0 Å². The van der Waals surface area contributed by atoms with Gasteiger partial charge >= 0.3 is 0 Å². The van der Waals surface area contributed by atoms with Gasteiger partial charge < -0.3 is 14.6 Å². The van der Waals surface area contributed by atoms with Gasteiger partial charge in [-0.1, -0.05) is 32.6 Å². The topological polar surface area (TPSA) is 49.7 Å². The molecule has 2 N–H and O–H groups in total. The van der Waals surface area contributed by atoms with Crippen molar-refractivity contribution in [1.29, 1.82) is 0 Å². The second-order valence-electron chi connectivity index (χ2n) is 5.37. The van der Waals surface area contributed by atoms with E-state index in [1.807, 2.05) is 0 Å². The van der Waals surface area contributed by atoms with Crippen LogP contribution >= 0.6 is 6.04 Å². The standard InChI is InChI=1S/C9H23O3PSSi/c1-9(2,3)15(4,5)12-8-13(14,6-10)7-11/h10-11H,6-8H2,1-5H3. The molecule has 0 unspecified atom stereocenters. The van der Waals surface area contributed by atoms with Crippen molar-refractivity contribution in [3.8, 4) is 0 Å². The van der Waals surface area contributed by atoms with Crippen LogP contribution in [0.25, 0.3) is 0 Å². The average Bonchev–Trinajstić information content (AvgIpc) is 2.13. The summed E-state index contributed by atoms with van der Waals surface area (Å²) < 4.78 is 5.90. The van der Waals surface area contributed by atoms with Crippen molar-refractivity contribution in [2.24, 2.45) is 0 Å². The Morgan fingerprint density at radius 1 is 1.20 bits per heavy atom. The average molecular weight is 270 g/mol. The SMILES string of the molecule is CC(C)(C)[Si](C)(C)OCP(=S)(CO)CO. The number of aliphatic hydroxyl groups excluding tert-OH is 2. The number of hydrogen-bond acceptors (Lipinski definition) is 4. The van der Waals surface area contributed by atoms with Gasteiger partial charge in [0.05, 0.1) is 19.0 Å². The molecule has 0 saturated heterocycles. The molecular formula is C9H23O3PSSi. The van der Waals surface area contributed by atoms with E-state index in [-0.39, 0.29) is 17.7 Å². The lowest BCUT2D eigenvalue weighted by Crippen LogP contribution is -2.41. The molecule has 0 saturated carbocycles. The van der Waals surface area contributed by atoms with Gasteiger partial charge in [-0.25, -0.2) is 0 Å². The Morgan fingerprint density at radius 3 is 1.87 bits per heavy atom. The van der Waals surface area contributed by atoms with Gasteiger partial charge in [0, 0.05) is 6.04 Å². The number of hydrogen-bond donors (Lipinski definition) is 2. The third-order valence-electron chi connectivity index (χ3n) is 2.98. The molecule has 0 radical (unpaired) electrons. The van der Waals surface area contributed by atoms with Crippen molar-refractivity contribution in [1.82, 2.24) is 0 Å². The van der Waals surface area contributed by atoms with Crippen LogP contribution in [0, 0.1) is 0 Å². The van der Waals surface area contributed by atoms with Crippen LogP contribution in [0.3, 0.4) is 0 Å². The van der Waals surface area contributed by atoms with Gasteiger partial charge in [0.1, 0.15) is 0 Å². The van der Waals surface area contributed by atoms with Crippen LogP contribution in [0.2, 0.25) is 18.1 Å². The monoisotopic (exact) mass is 270 g/mol. The van der Waals surface area contributed by atoms with Crippen LogP contribution in [0.5, 0.6) is 0 Å². The zero-order chi connectivity index (χ0) is 12.3. The Bertz CT molecular complexity index is 242. The van der Waals surface area contributed by atoms with E-state index in [9.17, 15) is 0 Å². The van der Waals surface area contributed by atoms with E-state index < -0.39 is 14.4 Å². The molecule has 0 aromatic carbocycles. The lowest BCUT2D eigenvalue weighted by atomic mass is 10.2. The molecule has 92 valence electrons. The molecule has 15 heavy (non-hydrogen) atoms. The fourth-order valence-corrected chi connectivity index (χ4v) is 4.01. The van der Waals surface area contributed by atoms with E-state index in [4.69, 9.17) is 26.4 Å². The molecule has 6 heteroatoms. The molecule has 0 atom stereocenters. The highest BCUT2D eigenvalue weighted by atomic mass is 32.4. The minimum absolute atomic E-state index is 0.118. The molecule has 0 aliphatic carbocycles. The van der Waals surface area contributed by atoms with E-state index >= 15 is 0 Å². The lowest BCUT2D eigenvalue weighted by Gasteiger charge is -2.37. The minimum Gasteiger partial charge on any atom is -0.412 e. The highest BCUT2D eigenvalue weighted by Crippen LogP contribution is 2.46. The summed E-state index contributed by atoms with van der Waals surface area (Å²) in [5, 5.41) is 18.3. The molecule has 0 aromatic heterocycles. The van der Waals surface area contributed by atoms with Gasteiger partial charge in [-0.2, -0.15) is 0 Å². The fourth-order valence-electron chi connectivity index (χ4n) is 0.622. The lowest BCUT2D eigenvalue weighted by molar-refractivity contribution is 0.314. The van der Waals surface area contributed by atoms with Crippen LogP contribution in [0.1, 0.15) is 20.8 Å². The highest BCUT2D eigenvalue weighted by Gasteiger charge is 2.38. The van der Waals surface area contributed by atoms with E-state index in [2.05, 4.69) is 33.9 Å². The van der Waals surface area contributed by atoms with Crippen molar-refractivity contribution in [2.45, 2.75) is 38.9 Å². The molecule has 0 spiro atoms. The Balaban J connectivity index is 4.45. The molecule has 0 amide bonds. The van der Waals surface area contributed by atoms with E-state index in [0.717, 1.165) is 0 Å². The quantitative estimate of drug-likeness (QED) is 0.595. The molecule has 0 heterocycles.